The zero-order valence-electron chi connectivity index (χ0n) is 19.9. The summed E-state index contributed by atoms with van der Waals surface area (Å²) in [4.78, 5) is 22.6. The number of hydrogen-bond acceptors (Lipinski definition) is 2. The second-order valence-electron chi connectivity index (χ2n) is 9.23. The first-order valence-electron chi connectivity index (χ1n) is 11.8. The monoisotopic (exact) mass is 410 g/mol. The van der Waals surface area contributed by atoms with Gasteiger partial charge >= 0.3 is 11.9 Å². The summed E-state index contributed by atoms with van der Waals surface area (Å²) in [6, 6.07) is 0. The number of unbranched alkanes of at least 4 members (excludes halogenated alkanes) is 7. The van der Waals surface area contributed by atoms with Crippen molar-refractivity contribution >= 4 is 11.9 Å². The Labute approximate surface area is 179 Å². The van der Waals surface area contributed by atoms with Gasteiger partial charge in [-0.3, -0.25) is 4.79 Å². The number of carboxylic acid groups (broad SMARTS) is 2. The molecular formula is C25H46O4. The maximum atomic E-state index is 11.9. The zero-order chi connectivity index (χ0) is 22.4. The van der Waals surface area contributed by atoms with Gasteiger partial charge in [0, 0.05) is 12.0 Å². The quantitative estimate of drug-likeness (QED) is 0.193. The fourth-order valence-corrected chi connectivity index (χ4v) is 4.94. The van der Waals surface area contributed by atoms with Gasteiger partial charge in [-0.15, -0.1) is 0 Å². The van der Waals surface area contributed by atoms with Crippen LogP contribution >= 0.6 is 0 Å². The van der Waals surface area contributed by atoms with E-state index in [1.807, 2.05) is 0 Å². The molecule has 0 radical (unpaired) electrons. The molecule has 0 atom stereocenters. The minimum atomic E-state index is -0.791. The van der Waals surface area contributed by atoms with Crippen LogP contribution < -0.4 is 0 Å². The number of rotatable bonds is 17. The molecule has 0 aromatic carbocycles. The molecule has 0 saturated carbocycles. The SMILES string of the molecule is CCCCCCCC(=C(C)C(=O)O)C(CCCCCCC(=O)O)(C(C)C)C(C)C. The highest BCUT2D eigenvalue weighted by atomic mass is 16.4. The van der Waals surface area contributed by atoms with E-state index in [-0.39, 0.29) is 11.8 Å². The molecule has 0 aliphatic rings. The summed E-state index contributed by atoms with van der Waals surface area (Å²) in [5, 5.41) is 18.6. The molecule has 0 aromatic heterocycles. The second kappa shape index (κ2) is 14.6. The second-order valence-corrected chi connectivity index (χ2v) is 9.23. The van der Waals surface area contributed by atoms with E-state index in [9.17, 15) is 14.7 Å². The van der Waals surface area contributed by atoms with E-state index in [2.05, 4.69) is 34.6 Å². The number of allylic oxidation sites excluding steroid dienone is 1. The van der Waals surface area contributed by atoms with E-state index in [0.717, 1.165) is 56.9 Å². The summed E-state index contributed by atoms with van der Waals surface area (Å²) < 4.78 is 0. The van der Waals surface area contributed by atoms with Gasteiger partial charge in [-0.25, -0.2) is 4.79 Å². The molecule has 0 bridgehead atoms. The first-order valence-corrected chi connectivity index (χ1v) is 11.8. The topological polar surface area (TPSA) is 74.6 Å². The predicted molar refractivity (Wildman–Crippen MR) is 121 cm³/mol. The summed E-state index contributed by atoms with van der Waals surface area (Å²) in [5.41, 5.74) is 1.57. The van der Waals surface area contributed by atoms with Crippen molar-refractivity contribution in [2.24, 2.45) is 17.3 Å². The average Bonchev–Trinajstić information content (AvgIpc) is 2.63. The minimum absolute atomic E-state index is 0.111. The Bertz CT molecular complexity index is 509. The zero-order valence-corrected chi connectivity index (χ0v) is 19.9. The third kappa shape index (κ3) is 9.35. The summed E-state index contributed by atoms with van der Waals surface area (Å²) in [6.45, 7) is 12.9. The Morgan fingerprint density at radius 3 is 1.69 bits per heavy atom. The molecule has 0 unspecified atom stereocenters. The van der Waals surface area contributed by atoms with Crippen molar-refractivity contribution < 1.29 is 19.8 Å². The Balaban J connectivity index is 5.45. The van der Waals surface area contributed by atoms with Crippen molar-refractivity contribution in [1.29, 1.82) is 0 Å². The van der Waals surface area contributed by atoms with Crippen LogP contribution in [0.4, 0.5) is 0 Å². The molecule has 0 amide bonds. The van der Waals surface area contributed by atoms with Crippen LogP contribution in [0.5, 0.6) is 0 Å². The molecule has 0 rings (SSSR count). The van der Waals surface area contributed by atoms with Gasteiger partial charge in [0.1, 0.15) is 0 Å². The van der Waals surface area contributed by atoms with Crippen LogP contribution in [-0.2, 0) is 9.59 Å². The van der Waals surface area contributed by atoms with Gasteiger partial charge in [0.15, 0.2) is 0 Å². The first kappa shape index (κ1) is 27.7. The average molecular weight is 411 g/mol. The lowest BCUT2D eigenvalue weighted by atomic mass is 9.59. The summed E-state index contributed by atoms with van der Waals surface area (Å²) in [5.74, 6) is -0.794. The summed E-state index contributed by atoms with van der Waals surface area (Å²) in [7, 11) is 0. The molecule has 29 heavy (non-hydrogen) atoms. The minimum Gasteiger partial charge on any atom is -0.481 e. The molecule has 4 heteroatoms. The molecule has 0 spiro atoms. The summed E-state index contributed by atoms with van der Waals surface area (Å²) in [6.07, 6.45) is 11.6. The van der Waals surface area contributed by atoms with E-state index in [1.165, 1.54) is 19.3 Å². The fraction of sp³-hybridized carbons (Fsp3) is 0.840. The van der Waals surface area contributed by atoms with Gasteiger partial charge in [0.2, 0.25) is 0 Å². The maximum absolute atomic E-state index is 11.9. The van der Waals surface area contributed by atoms with E-state index in [0.29, 0.717) is 17.4 Å². The fourth-order valence-electron chi connectivity index (χ4n) is 4.94. The number of hydrogen-bond donors (Lipinski definition) is 2. The van der Waals surface area contributed by atoms with E-state index in [1.54, 1.807) is 6.92 Å². The van der Waals surface area contributed by atoms with Crippen molar-refractivity contribution in [3.05, 3.63) is 11.1 Å². The highest BCUT2D eigenvalue weighted by Crippen LogP contribution is 2.50. The van der Waals surface area contributed by atoms with Crippen LogP contribution in [0.1, 0.15) is 119 Å². The molecule has 0 aromatic rings. The lowest BCUT2D eigenvalue weighted by Crippen LogP contribution is -2.37. The molecule has 0 aliphatic carbocycles. The molecule has 170 valence electrons. The predicted octanol–water partition coefficient (Wildman–Crippen LogP) is 7.47. The van der Waals surface area contributed by atoms with Gasteiger partial charge in [0.25, 0.3) is 0 Å². The molecular weight excluding hydrogens is 364 g/mol. The van der Waals surface area contributed by atoms with E-state index in [4.69, 9.17) is 5.11 Å². The Morgan fingerprint density at radius 1 is 0.759 bits per heavy atom. The van der Waals surface area contributed by atoms with Crippen LogP contribution in [-0.4, -0.2) is 22.2 Å². The first-order chi connectivity index (χ1) is 13.6. The molecule has 2 N–H and O–H groups in total. The third-order valence-corrected chi connectivity index (χ3v) is 6.66. The van der Waals surface area contributed by atoms with Crippen molar-refractivity contribution in [3.63, 3.8) is 0 Å². The van der Waals surface area contributed by atoms with Gasteiger partial charge < -0.3 is 10.2 Å². The van der Waals surface area contributed by atoms with Crippen molar-refractivity contribution in [2.45, 2.75) is 119 Å². The van der Waals surface area contributed by atoms with Crippen molar-refractivity contribution in [1.82, 2.24) is 0 Å². The Kier molecular flexibility index (Phi) is 14.0. The number of carboxylic acids is 2. The molecule has 0 fully saturated rings. The highest BCUT2D eigenvalue weighted by molar-refractivity contribution is 5.87. The normalized spacial score (nSPS) is 13.1. The van der Waals surface area contributed by atoms with Crippen LogP contribution in [0.3, 0.4) is 0 Å². The highest BCUT2D eigenvalue weighted by Gasteiger charge is 2.41. The van der Waals surface area contributed by atoms with E-state index < -0.39 is 11.9 Å². The molecule has 0 saturated heterocycles. The molecule has 4 nitrogen and oxygen atoms in total. The Morgan fingerprint density at radius 2 is 1.24 bits per heavy atom. The molecule has 0 aliphatic heterocycles. The summed E-state index contributed by atoms with van der Waals surface area (Å²) >= 11 is 0. The lowest BCUT2D eigenvalue weighted by Gasteiger charge is -2.45. The van der Waals surface area contributed by atoms with Crippen LogP contribution in [0, 0.1) is 17.3 Å². The van der Waals surface area contributed by atoms with Crippen LogP contribution in [0.2, 0.25) is 0 Å². The van der Waals surface area contributed by atoms with Crippen LogP contribution in [0.15, 0.2) is 11.1 Å². The molecule has 0 heterocycles. The van der Waals surface area contributed by atoms with Crippen molar-refractivity contribution in [2.75, 3.05) is 0 Å². The van der Waals surface area contributed by atoms with Crippen molar-refractivity contribution in [3.8, 4) is 0 Å². The van der Waals surface area contributed by atoms with Gasteiger partial charge in [-0.2, -0.15) is 0 Å². The van der Waals surface area contributed by atoms with Gasteiger partial charge in [-0.05, 0) is 49.9 Å². The lowest BCUT2D eigenvalue weighted by molar-refractivity contribution is -0.137. The van der Waals surface area contributed by atoms with Gasteiger partial charge in [-0.1, -0.05) is 85.1 Å². The van der Waals surface area contributed by atoms with Crippen LogP contribution in [0.25, 0.3) is 0 Å². The standard InChI is InChI=1S/C25H46O4/c1-7-8-9-10-13-16-22(21(6)24(28)29)25(19(2)3,20(4)5)18-15-12-11-14-17-23(26)27/h19-20H,7-18H2,1-6H3,(H,26,27)(H,28,29). The number of aliphatic carboxylic acids is 2. The largest absolute Gasteiger partial charge is 0.481 e. The number of carbonyl (C=O) groups is 2. The smallest absolute Gasteiger partial charge is 0.331 e. The Hall–Kier alpha value is -1.32. The van der Waals surface area contributed by atoms with E-state index >= 15 is 0 Å². The maximum Gasteiger partial charge on any atom is 0.331 e. The van der Waals surface area contributed by atoms with Gasteiger partial charge in [0.05, 0.1) is 0 Å². The third-order valence-electron chi connectivity index (χ3n) is 6.66.